The smallest absolute Gasteiger partial charge is 0.434 e. The minimum Gasteiger partial charge on any atom is -0.476 e. The SMILES string of the molecule is CC1CC(OC(C(F)(F)F)C(F)(F)F)=CC2(C)C=C(Br)C(=O)C=C12. The number of halogens is 7. The van der Waals surface area contributed by atoms with E-state index in [1.165, 1.54) is 18.2 Å². The van der Waals surface area contributed by atoms with E-state index in [-0.39, 0.29) is 16.7 Å². The summed E-state index contributed by atoms with van der Waals surface area (Å²) < 4.78 is 80.5. The third-order valence-corrected chi connectivity index (χ3v) is 4.55. The quantitative estimate of drug-likeness (QED) is 0.575. The normalized spacial score (nSPS) is 28.2. The summed E-state index contributed by atoms with van der Waals surface area (Å²) in [5, 5.41) is 0. The molecular formula is C15H13BrF6O2. The molecule has 0 radical (unpaired) electrons. The first-order valence-electron chi connectivity index (χ1n) is 6.90. The second-order valence-electron chi connectivity index (χ2n) is 6.04. The number of allylic oxidation sites excluding steroid dienone is 6. The Kier molecular flexibility index (Phi) is 4.71. The third-order valence-electron chi connectivity index (χ3n) is 3.93. The Hall–Kier alpha value is -1.25. The van der Waals surface area contributed by atoms with Gasteiger partial charge in [-0.1, -0.05) is 13.0 Å². The molecule has 0 saturated carbocycles. The molecule has 9 heteroatoms. The van der Waals surface area contributed by atoms with Gasteiger partial charge in [-0.05, 0) is 46.5 Å². The van der Waals surface area contributed by atoms with E-state index in [4.69, 9.17) is 0 Å². The number of alkyl halides is 6. The molecule has 0 spiro atoms. The largest absolute Gasteiger partial charge is 0.476 e. The maximum atomic E-state index is 12.7. The van der Waals surface area contributed by atoms with E-state index in [1.807, 2.05) is 0 Å². The molecule has 134 valence electrons. The van der Waals surface area contributed by atoms with Crippen molar-refractivity contribution in [3.63, 3.8) is 0 Å². The van der Waals surface area contributed by atoms with E-state index in [0.29, 0.717) is 5.57 Å². The molecule has 2 rings (SSSR count). The van der Waals surface area contributed by atoms with Crippen LogP contribution in [0.5, 0.6) is 0 Å². The molecule has 0 fully saturated rings. The van der Waals surface area contributed by atoms with Crippen LogP contribution in [0.3, 0.4) is 0 Å². The van der Waals surface area contributed by atoms with Crippen molar-refractivity contribution in [1.82, 2.24) is 0 Å². The van der Waals surface area contributed by atoms with Crippen LogP contribution >= 0.6 is 15.9 Å². The molecule has 0 bridgehead atoms. The Bertz CT molecular complexity index is 629. The van der Waals surface area contributed by atoms with E-state index in [9.17, 15) is 31.1 Å². The Balaban J connectivity index is 2.40. The van der Waals surface area contributed by atoms with Crippen molar-refractivity contribution >= 4 is 21.7 Å². The summed E-state index contributed by atoms with van der Waals surface area (Å²) in [7, 11) is 0. The van der Waals surface area contributed by atoms with Crippen LogP contribution in [0.1, 0.15) is 20.3 Å². The number of carbonyl (C=O) groups excluding carboxylic acids is 1. The first-order chi connectivity index (χ1) is 10.7. The number of ketones is 1. The lowest BCUT2D eigenvalue weighted by atomic mass is 9.68. The van der Waals surface area contributed by atoms with E-state index >= 15 is 0 Å². The van der Waals surface area contributed by atoms with Crippen LogP contribution in [0.25, 0.3) is 0 Å². The average Bonchev–Trinajstić information content (AvgIpc) is 2.36. The maximum Gasteiger partial charge on any atom is 0.434 e. The standard InChI is InChI=1S/C15H13BrF6O2/c1-7-3-8(24-12(14(17,18)19)15(20,21)22)5-13(2)6-10(16)11(23)4-9(7)13/h4-7,12H,3H2,1-2H3. The van der Waals surface area contributed by atoms with Gasteiger partial charge in [0.1, 0.15) is 0 Å². The summed E-state index contributed by atoms with van der Waals surface area (Å²) in [6.07, 6.45) is -11.2. The van der Waals surface area contributed by atoms with Crippen molar-refractivity contribution in [1.29, 1.82) is 0 Å². The van der Waals surface area contributed by atoms with Gasteiger partial charge in [0.05, 0.1) is 10.2 Å². The predicted molar refractivity (Wildman–Crippen MR) is 77.1 cm³/mol. The van der Waals surface area contributed by atoms with Crippen LogP contribution in [0, 0.1) is 11.3 Å². The lowest BCUT2D eigenvalue weighted by molar-refractivity contribution is -0.313. The Labute approximate surface area is 142 Å². The summed E-state index contributed by atoms with van der Waals surface area (Å²) in [4.78, 5) is 11.7. The molecule has 0 heterocycles. The number of carbonyl (C=O) groups is 1. The number of hydrogen-bond acceptors (Lipinski definition) is 2. The fourth-order valence-electron chi connectivity index (χ4n) is 2.94. The highest BCUT2D eigenvalue weighted by Gasteiger charge is 2.59. The summed E-state index contributed by atoms with van der Waals surface area (Å²) in [5.74, 6) is -1.12. The first-order valence-corrected chi connectivity index (χ1v) is 7.70. The predicted octanol–water partition coefficient (Wildman–Crippen LogP) is 5.21. The number of ether oxygens (including phenoxy) is 1. The molecule has 2 nitrogen and oxygen atoms in total. The first kappa shape index (κ1) is 19.1. The minimum absolute atomic E-state index is 0.150. The molecule has 2 aliphatic carbocycles. The summed E-state index contributed by atoms with van der Waals surface area (Å²) in [5.41, 5.74) is -0.361. The van der Waals surface area contributed by atoms with Gasteiger partial charge in [0, 0.05) is 11.8 Å². The lowest BCUT2D eigenvalue weighted by Crippen LogP contribution is -2.44. The van der Waals surface area contributed by atoms with Gasteiger partial charge in [-0.2, -0.15) is 26.3 Å². The van der Waals surface area contributed by atoms with Gasteiger partial charge in [0.15, 0.2) is 5.78 Å². The fraction of sp³-hybridized carbons (Fsp3) is 0.533. The highest BCUT2D eigenvalue weighted by Crippen LogP contribution is 2.48. The molecule has 0 aromatic heterocycles. The summed E-state index contributed by atoms with van der Waals surface area (Å²) in [6.45, 7) is 3.22. The molecule has 2 unspecified atom stereocenters. The van der Waals surface area contributed by atoms with Gasteiger partial charge in [-0.25, -0.2) is 0 Å². The van der Waals surface area contributed by atoms with Crippen molar-refractivity contribution in [2.45, 2.75) is 38.7 Å². The van der Waals surface area contributed by atoms with Crippen LogP contribution in [-0.4, -0.2) is 24.2 Å². The zero-order chi connectivity index (χ0) is 18.5. The van der Waals surface area contributed by atoms with E-state index in [1.54, 1.807) is 13.8 Å². The van der Waals surface area contributed by atoms with Crippen LogP contribution in [0.2, 0.25) is 0 Å². The van der Waals surface area contributed by atoms with Crippen molar-refractivity contribution in [2.24, 2.45) is 11.3 Å². The molecule has 0 amide bonds. The molecule has 2 aliphatic rings. The van der Waals surface area contributed by atoms with Crippen LogP contribution < -0.4 is 0 Å². The molecule has 0 aliphatic heterocycles. The topological polar surface area (TPSA) is 26.3 Å². The van der Waals surface area contributed by atoms with E-state index < -0.39 is 35.5 Å². The van der Waals surface area contributed by atoms with Crippen molar-refractivity contribution in [3.8, 4) is 0 Å². The molecular weight excluding hydrogens is 406 g/mol. The lowest BCUT2D eigenvalue weighted by Gasteiger charge is -2.39. The second-order valence-corrected chi connectivity index (χ2v) is 6.89. The number of fused-ring (bicyclic) bond motifs is 1. The Morgan fingerprint density at radius 3 is 2.25 bits per heavy atom. The molecule has 24 heavy (non-hydrogen) atoms. The van der Waals surface area contributed by atoms with Crippen molar-refractivity contribution in [3.05, 3.63) is 34.0 Å². The summed E-state index contributed by atoms with van der Waals surface area (Å²) >= 11 is 3.04. The van der Waals surface area contributed by atoms with E-state index in [2.05, 4.69) is 20.7 Å². The highest BCUT2D eigenvalue weighted by atomic mass is 79.9. The zero-order valence-corrected chi connectivity index (χ0v) is 14.1. The van der Waals surface area contributed by atoms with E-state index in [0.717, 1.165) is 0 Å². The van der Waals surface area contributed by atoms with Gasteiger partial charge >= 0.3 is 12.4 Å². The van der Waals surface area contributed by atoms with Crippen molar-refractivity contribution in [2.75, 3.05) is 0 Å². The number of hydrogen-bond donors (Lipinski definition) is 0. The molecule has 2 atom stereocenters. The molecule has 0 N–H and O–H groups in total. The van der Waals surface area contributed by atoms with Gasteiger partial charge in [0.25, 0.3) is 6.10 Å². The third kappa shape index (κ3) is 3.70. The molecule has 0 aromatic rings. The van der Waals surface area contributed by atoms with Crippen LogP contribution in [0.4, 0.5) is 26.3 Å². The van der Waals surface area contributed by atoms with Gasteiger partial charge in [-0.3, -0.25) is 4.79 Å². The number of rotatable bonds is 2. The van der Waals surface area contributed by atoms with Gasteiger partial charge in [0.2, 0.25) is 0 Å². The minimum atomic E-state index is -5.57. The average molecular weight is 419 g/mol. The van der Waals surface area contributed by atoms with Gasteiger partial charge < -0.3 is 4.74 Å². The van der Waals surface area contributed by atoms with Crippen molar-refractivity contribution < 1.29 is 35.9 Å². The molecule has 0 aromatic carbocycles. The van der Waals surface area contributed by atoms with Crippen LogP contribution in [0.15, 0.2) is 34.0 Å². The summed E-state index contributed by atoms with van der Waals surface area (Å²) in [6, 6.07) is 0. The zero-order valence-electron chi connectivity index (χ0n) is 12.6. The molecule has 0 saturated heterocycles. The monoisotopic (exact) mass is 418 g/mol. The highest BCUT2D eigenvalue weighted by molar-refractivity contribution is 9.12. The Morgan fingerprint density at radius 2 is 1.75 bits per heavy atom. The fourth-order valence-corrected chi connectivity index (χ4v) is 3.53. The van der Waals surface area contributed by atoms with Crippen LogP contribution in [-0.2, 0) is 9.53 Å². The maximum absolute atomic E-state index is 12.7. The van der Waals surface area contributed by atoms with Gasteiger partial charge in [-0.15, -0.1) is 0 Å². The Morgan fingerprint density at radius 1 is 1.21 bits per heavy atom. The second kappa shape index (κ2) is 5.93.